The van der Waals surface area contributed by atoms with Crippen LogP contribution in [0.4, 0.5) is 0 Å². The van der Waals surface area contributed by atoms with Gasteiger partial charge in [-0.3, -0.25) is 4.79 Å². The summed E-state index contributed by atoms with van der Waals surface area (Å²) >= 11 is 0. The average Bonchev–Trinajstić information content (AvgIpc) is 3.19. The van der Waals surface area contributed by atoms with Gasteiger partial charge in [0.2, 0.25) is 5.91 Å². The highest BCUT2D eigenvalue weighted by atomic mass is 16.5. The molecule has 0 bridgehead atoms. The lowest BCUT2D eigenvalue weighted by Crippen LogP contribution is -2.52. The number of primary amides is 1. The van der Waals surface area contributed by atoms with E-state index in [0.717, 1.165) is 37.3 Å². The van der Waals surface area contributed by atoms with E-state index in [-0.39, 0.29) is 11.5 Å². The number of likely N-dealkylation sites (tertiary alicyclic amines) is 1. The molecule has 2 unspecified atom stereocenters. The minimum Gasteiger partial charge on any atom is -0.494 e. The Bertz CT molecular complexity index is 627. The maximum atomic E-state index is 12.4. The number of nitrogens with two attached hydrogens (primary N) is 1. The topological polar surface area (TPSA) is 64.8 Å². The van der Waals surface area contributed by atoms with Crippen molar-refractivity contribution in [3.8, 4) is 5.75 Å². The van der Waals surface area contributed by atoms with Gasteiger partial charge in [0, 0.05) is 13.2 Å². The van der Waals surface area contributed by atoms with Crippen LogP contribution in [0.2, 0.25) is 0 Å². The third-order valence-electron chi connectivity index (χ3n) is 6.37. The largest absolute Gasteiger partial charge is 0.494 e. The Labute approximate surface area is 163 Å². The first-order valence-corrected chi connectivity index (χ1v) is 10.4. The molecule has 2 fully saturated rings. The number of carbonyl (C=O) groups excluding carboxylic acids is 1. The quantitative estimate of drug-likeness (QED) is 0.710. The Kier molecular flexibility index (Phi) is 6.43. The van der Waals surface area contributed by atoms with E-state index in [0.29, 0.717) is 19.4 Å². The van der Waals surface area contributed by atoms with Crippen molar-refractivity contribution < 1.29 is 14.3 Å². The molecule has 2 aliphatic rings. The Morgan fingerprint density at radius 3 is 2.59 bits per heavy atom. The van der Waals surface area contributed by atoms with Gasteiger partial charge in [-0.25, -0.2) is 0 Å². The van der Waals surface area contributed by atoms with Crippen molar-refractivity contribution >= 4 is 5.91 Å². The number of rotatable bonds is 8. The second kappa shape index (κ2) is 8.61. The van der Waals surface area contributed by atoms with E-state index in [4.69, 9.17) is 15.2 Å². The van der Waals surface area contributed by atoms with Crippen molar-refractivity contribution in [2.24, 2.45) is 5.73 Å². The van der Waals surface area contributed by atoms with Gasteiger partial charge in [0.15, 0.2) is 0 Å². The highest BCUT2D eigenvalue weighted by Crippen LogP contribution is 2.43. The van der Waals surface area contributed by atoms with E-state index in [1.165, 1.54) is 25.9 Å². The Morgan fingerprint density at radius 2 is 1.96 bits per heavy atom. The van der Waals surface area contributed by atoms with Crippen molar-refractivity contribution in [1.82, 2.24) is 4.90 Å². The molecule has 0 saturated carbocycles. The molecule has 2 atom stereocenters. The lowest BCUT2D eigenvalue weighted by Gasteiger charge is -2.44. The molecule has 1 aromatic rings. The highest BCUT2D eigenvalue weighted by Gasteiger charge is 2.47. The fourth-order valence-corrected chi connectivity index (χ4v) is 4.43. The van der Waals surface area contributed by atoms with Crippen LogP contribution < -0.4 is 10.5 Å². The van der Waals surface area contributed by atoms with Gasteiger partial charge in [0.05, 0.1) is 17.6 Å². The van der Waals surface area contributed by atoms with Crippen LogP contribution in [-0.4, -0.2) is 49.3 Å². The molecule has 0 spiro atoms. The molecule has 27 heavy (non-hydrogen) atoms. The number of benzene rings is 1. The number of amides is 1. The van der Waals surface area contributed by atoms with Gasteiger partial charge in [0.1, 0.15) is 5.75 Å². The van der Waals surface area contributed by atoms with E-state index < -0.39 is 5.41 Å². The zero-order valence-electron chi connectivity index (χ0n) is 16.8. The van der Waals surface area contributed by atoms with Gasteiger partial charge in [-0.15, -0.1) is 0 Å². The third-order valence-corrected chi connectivity index (χ3v) is 6.37. The minimum atomic E-state index is -0.655. The summed E-state index contributed by atoms with van der Waals surface area (Å²) in [5.74, 6) is 0.592. The summed E-state index contributed by atoms with van der Waals surface area (Å²) in [5.41, 5.74) is 5.89. The van der Waals surface area contributed by atoms with Gasteiger partial charge in [0.25, 0.3) is 0 Å². The molecule has 1 aromatic carbocycles. The maximum absolute atomic E-state index is 12.4. The summed E-state index contributed by atoms with van der Waals surface area (Å²) in [6, 6.07) is 7.94. The molecule has 5 nitrogen and oxygen atoms in total. The molecule has 3 rings (SSSR count). The Morgan fingerprint density at radius 1 is 1.26 bits per heavy atom. The summed E-state index contributed by atoms with van der Waals surface area (Å²) in [4.78, 5) is 14.9. The second-order valence-electron chi connectivity index (χ2n) is 8.30. The van der Waals surface area contributed by atoms with E-state index in [1.54, 1.807) is 0 Å². The van der Waals surface area contributed by atoms with Gasteiger partial charge in [-0.05, 0) is 76.2 Å². The average molecular weight is 375 g/mol. The molecule has 2 aliphatic heterocycles. The first-order chi connectivity index (χ1) is 13.0. The molecule has 0 aromatic heterocycles. The summed E-state index contributed by atoms with van der Waals surface area (Å²) < 4.78 is 11.8. The molecule has 2 N–H and O–H groups in total. The molecule has 5 heteroatoms. The molecule has 0 radical (unpaired) electrons. The minimum absolute atomic E-state index is 0.259. The monoisotopic (exact) mass is 374 g/mol. The number of nitrogens with zero attached hydrogens (tertiary/aromatic N) is 1. The Hall–Kier alpha value is -1.59. The van der Waals surface area contributed by atoms with Crippen LogP contribution in [0.15, 0.2) is 24.3 Å². The summed E-state index contributed by atoms with van der Waals surface area (Å²) in [7, 11) is 0. The van der Waals surface area contributed by atoms with Crippen LogP contribution in [0, 0.1) is 0 Å². The number of carbonyl (C=O) groups is 1. The van der Waals surface area contributed by atoms with Gasteiger partial charge < -0.3 is 20.1 Å². The fraction of sp³-hybridized carbons (Fsp3) is 0.682. The number of ether oxygens (including phenoxy) is 2. The van der Waals surface area contributed by atoms with Crippen molar-refractivity contribution in [3.63, 3.8) is 0 Å². The van der Waals surface area contributed by atoms with Gasteiger partial charge in [-0.2, -0.15) is 0 Å². The van der Waals surface area contributed by atoms with Crippen molar-refractivity contribution in [2.75, 3.05) is 32.8 Å². The first kappa shape index (κ1) is 20.2. The van der Waals surface area contributed by atoms with Crippen LogP contribution in [0.25, 0.3) is 0 Å². The lowest BCUT2D eigenvalue weighted by atomic mass is 9.68. The van der Waals surface area contributed by atoms with Gasteiger partial charge >= 0.3 is 0 Å². The smallest absolute Gasteiger partial charge is 0.228 e. The van der Waals surface area contributed by atoms with Crippen LogP contribution in [0.5, 0.6) is 5.75 Å². The van der Waals surface area contributed by atoms with E-state index in [9.17, 15) is 4.79 Å². The van der Waals surface area contributed by atoms with Crippen LogP contribution >= 0.6 is 0 Å². The summed E-state index contributed by atoms with van der Waals surface area (Å²) in [6.45, 7) is 9.01. The van der Waals surface area contributed by atoms with Crippen LogP contribution in [0.1, 0.15) is 57.9 Å². The van der Waals surface area contributed by atoms with Crippen LogP contribution in [-0.2, 0) is 14.9 Å². The Balaban J connectivity index is 1.61. The zero-order valence-corrected chi connectivity index (χ0v) is 16.8. The molecular formula is C22H34N2O3. The van der Waals surface area contributed by atoms with E-state index >= 15 is 0 Å². The first-order valence-electron chi connectivity index (χ1n) is 10.4. The SMILES string of the molecule is CCC1(C)CC(C(N)=O)(c2ccc(OCCCN3CCCC3)cc2)CCO1. The number of hydrogen-bond donors (Lipinski definition) is 1. The predicted octanol–water partition coefficient (Wildman–Crippen LogP) is 3.25. The van der Waals surface area contributed by atoms with Crippen LogP contribution in [0.3, 0.4) is 0 Å². The third kappa shape index (κ3) is 4.64. The highest BCUT2D eigenvalue weighted by molar-refractivity contribution is 5.87. The summed E-state index contributed by atoms with van der Waals surface area (Å²) in [5, 5.41) is 0. The standard InChI is InChI=1S/C22H34N2O3/c1-3-21(2)17-22(20(23)25,11-16-27-21)18-7-9-19(10-8-18)26-15-6-14-24-12-4-5-13-24/h7-10H,3-6,11-17H2,1-2H3,(H2,23,25). The molecule has 2 saturated heterocycles. The second-order valence-corrected chi connectivity index (χ2v) is 8.30. The molecular weight excluding hydrogens is 340 g/mol. The number of hydrogen-bond acceptors (Lipinski definition) is 4. The predicted molar refractivity (Wildman–Crippen MR) is 107 cm³/mol. The molecule has 150 valence electrons. The summed E-state index contributed by atoms with van der Waals surface area (Å²) in [6.07, 6.45) is 5.81. The van der Waals surface area contributed by atoms with E-state index in [1.807, 2.05) is 24.3 Å². The van der Waals surface area contributed by atoms with Gasteiger partial charge in [-0.1, -0.05) is 19.1 Å². The van der Waals surface area contributed by atoms with Crippen molar-refractivity contribution in [3.05, 3.63) is 29.8 Å². The maximum Gasteiger partial charge on any atom is 0.228 e. The van der Waals surface area contributed by atoms with Crippen molar-refractivity contribution in [2.45, 2.75) is 63.4 Å². The zero-order chi connectivity index (χ0) is 19.3. The molecule has 2 heterocycles. The molecule has 1 amide bonds. The lowest BCUT2D eigenvalue weighted by molar-refractivity contribution is -0.139. The normalized spacial score (nSPS) is 29.0. The van der Waals surface area contributed by atoms with Crippen molar-refractivity contribution in [1.29, 1.82) is 0 Å². The van der Waals surface area contributed by atoms with E-state index in [2.05, 4.69) is 18.7 Å². The fourth-order valence-electron chi connectivity index (χ4n) is 4.43. The molecule has 0 aliphatic carbocycles.